The van der Waals surface area contributed by atoms with Crippen molar-refractivity contribution < 1.29 is 4.79 Å². The number of hydrogen-bond acceptors (Lipinski definition) is 3. The van der Waals surface area contributed by atoms with Crippen molar-refractivity contribution >= 4 is 6.03 Å². The molecule has 12 heavy (non-hydrogen) atoms. The van der Waals surface area contributed by atoms with Gasteiger partial charge in [-0.15, -0.1) is 5.11 Å². The molecule has 2 aliphatic heterocycles. The first-order chi connectivity index (χ1) is 5.86. The molecule has 5 nitrogen and oxygen atoms in total. The molecule has 0 aromatic rings. The van der Waals surface area contributed by atoms with Gasteiger partial charge in [0.2, 0.25) is 0 Å². The molecular weight excluding hydrogens is 156 g/mol. The van der Waals surface area contributed by atoms with Crippen molar-refractivity contribution in [3.05, 3.63) is 11.4 Å². The Balaban J connectivity index is 2.14. The van der Waals surface area contributed by atoms with E-state index in [2.05, 4.69) is 20.9 Å². The lowest BCUT2D eigenvalue weighted by atomic mass is 10.1. The molecule has 2 heterocycles. The lowest BCUT2D eigenvalue weighted by molar-refractivity contribution is 0.253. The second kappa shape index (κ2) is 3.02. The third-order valence-electron chi connectivity index (χ3n) is 2.01. The van der Waals surface area contributed by atoms with Crippen molar-refractivity contribution in [2.24, 2.45) is 10.2 Å². The highest BCUT2D eigenvalue weighted by Gasteiger charge is 2.16. The summed E-state index contributed by atoms with van der Waals surface area (Å²) < 4.78 is 0. The Morgan fingerprint density at radius 3 is 2.50 bits per heavy atom. The van der Waals surface area contributed by atoms with Gasteiger partial charge in [-0.05, 0) is 31.5 Å². The highest BCUT2D eigenvalue weighted by molar-refractivity contribution is 5.78. The lowest BCUT2D eigenvalue weighted by Crippen LogP contribution is -2.25. The minimum Gasteiger partial charge on any atom is -0.316 e. The van der Waals surface area contributed by atoms with Crippen LogP contribution in [0.3, 0.4) is 0 Å². The molecule has 0 atom stereocenters. The zero-order valence-electron chi connectivity index (χ0n) is 6.63. The quantitative estimate of drug-likeness (QED) is 0.557. The van der Waals surface area contributed by atoms with E-state index in [0.717, 1.165) is 25.9 Å². The largest absolute Gasteiger partial charge is 0.365 e. The summed E-state index contributed by atoms with van der Waals surface area (Å²) in [5.74, 6) is 0.668. The van der Waals surface area contributed by atoms with E-state index >= 15 is 0 Å². The Bertz CT molecular complexity index is 261. The fourth-order valence-electron chi connectivity index (χ4n) is 1.37. The van der Waals surface area contributed by atoms with E-state index in [1.54, 1.807) is 0 Å². The van der Waals surface area contributed by atoms with Crippen LogP contribution in [0.4, 0.5) is 4.79 Å². The minimum absolute atomic E-state index is 0.351. The van der Waals surface area contributed by atoms with Crippen molar-refractivity contribution in [3.8, 4) is 0 Å². The number of rotatable bonds is 0. The number of hydrogen-bond donors (Lipinski definition) is 2. The number of carbonyl (C=O) groups excluding carboxylic acids is 1. The molecule has 2 rings (SSSR count). The molecule has 0 bridgehead atoms. The van der Waals surface area contributed by atoms with Gasteiger partial charge in [0.25, 0.3) is 0 Å². The van der Waals surface area contributed by atoms with Gasteiger partial charge < -0.3 is 5.32 Å². The second-order valence-electron chi connectivity index (χ2n) is 2.83. The number of azo groups is 1. The number of piperidine rings is 1. The Hall–Kier alpha value is -1.23. The van der Waals surface area contributed by atoms with Gasteiger partial charge in [0.05, 0.1) is 0 Å². The van der Waals surface area contributed by atoms with Gasteiger partial charge >= 0.3 is 6.03 Å². The molecule has 5 heteroatoms. The maximum absolute atomic E-state index is 10.7. The molecule has 1 saturated heterocycles. The van der Waals surface area contributed by atoms with E-state index in [-0.39, 0.29) is 6.03 Å². The van der Waals surface area contributed by atoms with Crippen LogP contribution in [0.25, 0.3) is 0 Å². The van der Waals surface area contributed by atoms with E-state index in [0.29, 0.717) is 5.82 Å². The first-order valence-corrected chi connectivity index (χ1v) is 4.02. The molecule has 0 aliphatic carbocycles. The summed E-state index contributed by atoms with van der Waals surface area (Å²) in [6.07, 6.45) is 1.91. The zero-order valence-corrected chi connectivity index (χ0v) is 6.63. The summed E-state index contributed by atoms with van der Waals surface area (Å²) in [6.45, 7) is 1.93. The summed E-state index contributed by atoms with van der Waals surface area (Å²) in [4.78, 5) is 10.7. The molecule has 0 radical (unpaired) electrons. The highest BCUT2D eigenvalue weighted by Crippen LogP contribution is 2.17. The average molecular weight is 166 g/mol. The van der Waals surface area contributed by atoms with Crippen molar-refractivity contribution in [2.75, 3.05) is 13.1 Å². The smallest absolute Gasteiger partial charge is 0.316 e. The highest BCUT2D eigenvalue weighted by atomic mass is 16.2. The summed E-state index contributed by atoms with van der Waals surface area (Å²) in [5, 5.41) is 13.0. The maximum atomic E-state index is 10.7. The number of nitrogens with zero attached hydrogens (tertiary/aromatic N) is 2. The third-order valence-corrected chi connectivity index (χ3v) is 2.01. The van der Waals surface area contributed by atoms with Crippen LogP contribution in [-0.2, 0) is 0 Å². The van der Waals surface area contributed by atoms with Gasteiger partial charge in [-0.25, -0.2) is 4.79 Å². The predicted octanol–water partition coefficient (Wildman–Crippen LogP) is 0.757. The van der Waals surface area contributed by atoms with Crippen molar-refractivity contribution in [3.63, 3.8) is 0 Å². The fraction of sp³-hybridized carbons (Fsp3) is 0.571. The van der Waals surface area contributed by atoms with Crippen molar-refractivity contribution in [2.45, 2.75) is 12.8 Å². The van der Waals surface area contributed by atoms with Crippen LogP contribution in [-0.4, -0.2) is 19.1 Å². The van der Waals surface area contributed by atoms with Crippen molar-refractivity contribution in [1.29, 1.82) is 0 Å². The minimum atomic E-state index is -0.351. The Morgan fingerprint density at radius 2 is 1.92 bits per heavy atom. The zero-order chi connectivity index (χ0) is 8.39. The normalized spacial score (nSPS) is 23.2. The predicted molar refractivity (Wildman–Crippen MR) is 42.5 cm³/mol. The number of urea groups is 1. The van der Waals surface area contributed by atoms with Gasteiger partial charge in [-0.2, -0.15) is 0 Å². The van der Waals surface area contributed by atoms with Crippen LogP contribution in [0, 0.1) is 0 Å². The molecule has 64 valence electrons. The molecule has 1 fully saturated rings. The Morgan fingerprint density at radius 1 is 1.17 bits per heavy atom. The topological polar surface area (TPSA) is 65.8 Å². The van der Waals surface area contributed by atoms with E-state index in [1.807, 2.05) is 0 Å². The standard InChI is InChI=1S/C7H10N4O/c12-7-9-6(10-11-7)5-1-3-8-4-2-5/h8H,1-4H2,(H,9,12). The lowest BCUT2D eigenvalue weighted by Gasteiger charge is -2.15. The van der Waals surface area contributed by atoms with E-state index in [4.69, 9.17) is 0 Å². The second-order valence-corrected chi connectivity index (χ2v) is 2.83. The van der Waals surface area contributed by atoms with Crippen molar-refractivity contribution in [1.82, 2.24) is 10.6 Å². The summed E-state index contributed by atoms with van der Waals surface area (Å²) in [5.41, 5.74) is 1.20. The molecule has 0 saturated carbocycles. The van der Waals surface area contributed by atoms with Gasteiger partial charge in [0.15, 0.2) is 5.82 Å². The third kappa shape index (κ3) is 1.35. The van der Waals surface area contributed by atoms with Gasteiger partial charge in [-0.3, -0.25) is 5.32 Å². The Labute approximate surface area is 69.9 Å². The molecule has 0 aromatic heterocycles. The number of nitrogens with one attached hydrogen (secondary N) is 2. The van der Waals surface area contributed by atoms with Crippen LogP contribution in [0.1, 0.15) is 12.8 Å². The molecule has 2 aliphatic rings. The molecular formula is C7H10N4O. The summed E-state index contributed by atoms with van der Waals surface area (Å²) in [6, 6.07) is -0.351. The van der Waals surface area contributed by atoms with Crippen LogP contribution >= 0.6 is 0 Å². The first kappa shape index (κ1) is 7.42. The van der Waals surface area contributed by atoms with Crippen LogP contribution < -0.4 is 10.6 Å². The Kier molecular flexibility index (Phi) is 1.87. The number of carbonyl (C=O) groups is 1. The molecule has 0 unspecified atom stereocenters. The number of amides is 2. The van der Waals surface area contributed by atoms with Crippen LogP contribution in [0.5, 0.6) is 0 Å². The van der Waals surface area contributed by atoms with Gasteiger partial charge in [0, 0.05) is 0 Å². The summed E-state index contributed by atoms with van der Waals surface area (Å²) >= 11 is 0. The van der Waals surface area contributed by atoms with E-state index in [9.17, 15) is 4.79 Å². The molecule has 2 N–H and O–H groups in total. The summed E-state index contributed by atoms with van der Waals surface area (Å²) in [7, 11) is 0. The molecule has 2 amide bonds. The van der Waals surface area contributed by atoms with E-state index < -0.39 is 0 Å². The SMILES string of the molecule is O=C1N=NC(=C2CCNCC2)N1. The van der Waals surface area contributed by atoms with Crippen LogP contribution in [0.15, 0.2) is 21.6 Å². The molecule has 0 aromatic carbocycles. The monoisotopic (exact) mass is 166 g/mol. The fourth-order valence-corrected chi connectivity index (χ4v) is 1.37. The average Bonchev–Trinajstić information content (AvgIpc) is 2.54. The van der Waals surface area contributed by atoms with E-state index in [1.165, 1.54) is 5.57 Å². The van der Waals surface area contributed by atoms with Crippen LogP contribution in [0.2, 0.25) is 0 Å². The first-order valence-electron chi connectivity index (χ1n) is 4.02. The maximum Gasteiger partial charge on any atom is 0.365 e. The van der Waals surface area contributed by atoms with Gasteiger partial charge in [0.1, 0.15) is 0 Å². The molecule has 0 spiro atoms. The van der Waals surface area contributed by atoms with Gasteiger partial charge in [-0.1, -0.05) is 5.11 Å².